The lowest BCUT2D eigenvalue weighted by Gasteiger charge is -2.08. The Hall–Kier alpha value is -1.68. The molecule has 0 saturated heterocycles. The quantitative estimate of drug-likeness (QED) is 0.639. The Balaban J connectivity index is 1.67. The molecule has 0 aliphatic rings. The second kappa shape index (κ2) is 7.69. The number of thioether (sulfide) groups is 1. The molecule has 7 nitrogen and oxygen atoms in total. The van der Waals surface area contributed by atoms with Crippen LogP contribution in [0.2, 0.25) is 10.0 Å². The first-order valence-electron chi connectivity index (χ1n) is 7.05. The third-order valence-electron chi connectivity index (χ3n) is 3.18. The summed E-state index contributed by atoms with van der Waals surface area (Å²) in [6.45, 7) is 1.78. The average molecular weight is 415 g/mol. The van der Waals surface area contributed by atoms with E-state index in [2.05, 4.69) is 25.8 Å². The summed E-state index contributed by atoms with van der Waals surface area (Å²) in [5, 5.41) is 17.4. The van der Waals surface area contributed by atoms with Gasteiger partial charge in [0, 0.05) is 18.0 Å². The number of thiazole rings is 1. The summed E-state index contributed by atoms with van der Waals surface area (Å²) in [6.07, 6.45) is 0. The number of tetrazole rings is 1. The summed E-state index contributed by atoms with van der Waals surface area (Å²) >= 11 is 14.6. The first-order valence-corrected chi connectivity index (χ1v) is 9.56. The van der Waals surface area contributed by atoms with Crippen LogP contribution >= 0.6 is 46.3 Å². The fraction of sp³-hybridized carbons (Fsp3) is 0.214. The number of hydrogen-bond acceptors (Lipinski definition) is 7. The van der Waals surface area contributed by atoms with Crippen molar-refractivity contribution in [2.24, 2.45) is 7.05 Å². The van der Waals surface area contributed by atoms with Crippen LogP contribution in [-0.2, 0) is 11.8 Å². The van der Waals surface area contributed by atoms with Gasteiger partial charge in [-0.2, -0.15) is 0 Å². The fourth-order valence-corrected chi connectivity index (χ4v) is 3.63. The lowest BCUT2D eigenvalue weighted by molar-refractivity contribution is -0.115. The highest BCUT2D eigenvalue weighted by atomic mass is 35.5. The Morgan fingerprint density at radius 2 is 2.16 bits per heavy atom. The molecule has 2 aromatic heterocycles. The van der Waals surface area contributed by atoms with Crippen LogP contribution in [0.3, 0.4) is 0 Å². The molecule has 1 amide bonds. The van der Waals surface area contributed by atoms with Crippen molar-refractivity contribution in [1.29, 1.82) is 0 Å². The van der Waals surface area contributed by atoms with Crippen LogP contribution in [0.4, 0.5) is 5.13 Å². The number of benzene rings is 1. The molecule has 0 saturated carbocycles. The van der Waals surface area contributed by atoms with Crippen molar-refractivity contribution >= 4 is 57.3 Å². The molecule has 0 aliphatic heterocycles. The molecule has 0 aliphatic carbocycles. The molecule has 25 heavy (non-hydrogen) atoms. The minimum absolute atomic E-state index is 0.178. The second-order valence-electron chi connectivity index (χ2n) is 5.00. The van der Waals surface area contributed by atoms with E-state index in [0.29, 0.717) is 20.3 Å². The van der Waals surface area contributed by atoms with E-state index in [-0.39, 0.29) is 11.2 Å². The fourth-order valence-electron chi connectivity index (χ4n) is 1.86. The van der Waals surface area contributed by atoms with E-state index in [1.807, 2.05) is 11.4 Å². The highest BCUT2D eigenvalue weighted by molar-refractivity contribution is 8.00. The van der Waals surface area contributed by atoms with Gasteiger partial charge in [0.05, 0.1) is 21.0 Å². The SMILES string of the molecule is CC(Sc1nnnn1C)C(=O)Nc1nc(-c2ccc(Cl)c(Cl)c2)cs1. The molecule has 0 bridgehead atoms. The zero-order chi connectivity index (χ0) is 18.0. The molecule has 1 atom stereocenters. The Kier molecular flexibility index (Phi) is 5.57. The maximum atomic E-state index is 12.3. The van der Waals surface area contributed by atoms with Crippen LogP contribution in [0.25, 0.3) is 11.3 Å². The topological polar surface area (TPSA) is 85.6 Å². The summed E-state index contributed by atoms with van der Waals surface area (Å²) in [7, 11) is 1.72. The Bertz CT molecular complexity index is 912. The molecular weight excluding hydrogens is 403 g/mol. The van der Waals surface area contributed by atoms with Gasteiger partial charge >= 0.3 is 0 Å². The monoisotopic (exact) mass is 414 g/mol. The third kappa shape index (κ3) is 4.30. The number of carbonyl (C=O) groups is 1. The minimum Gasteiger partial charge on any atom is -0.301 e. The number of nitrogens with zero attached hydrogens (tertiary/aromatic N) is 5. The van der Waals surface area contributed by atoms with Crippen molar-refractivity contribution in [3.63, 3.8) is 0 Å². The van der Waals surface area contributed by atoms with Gasteiger partial charge in [-0.25, -0.2) is 9.67 Å². The zero-order valence-electron chi connectivity index (χ0n) is 13.1. The van der Waals surface area contributed by atoms with Gasteiger partial charge in [-0.15, -0.1) is 16.4 Å². The molecule has 3 aromatic rings. The molecule has 0 radical (unpaired) electrons. The van der Waals surface area contributed by atoms with Gasteiger partial charge in [-0.05, 0) is 29.5 Å². The van der Waals surface area contributed by atoms with Gasteiger partial charge in [-0.3, -0.25) is 4.79 Å². The minimum atomic E-state index is -0.373. The maximum absolute atomic E-state index is 12.3. The van der Waals surface area contributed by atoms with Gasteiger partial charge in [0.1, 0.15) is 0 Å². The van der Waals surface area contributed by atoms with E-state index in [9.17, 15) is 4.79 Å². The Morgan fingerprint density at radius 3 is 2.84 bits per heavy atom. The summed E-state index contributed by atoms with van der Waals surface area (Å²) in [4.78, 5) is 16.7. The first-order chi connectivity index (χ1) is 11.9. The van der Waals surface area contributed by atoms with E-state index >= 15 is 0 Å². The summed E-state index contributed by atoms with van der Waals surface area (Å²) in [5.41, 5.74) is 1.55. The Morgan fingerprint density at radius 1 is 1.36 bits per heavy atom. The molecule has 1 N–H and O–H groups in total. The summed E-state index contributed by atoms with van der Waals surface area (Å²) in [5.74, 6) is -0.178. The zero-order valence-corrected chi connectivity index (χ0v) is 16.2. The van der Waals surface area contributed by atoms with Gasteiger partial charge in [0.15, 0.2) is 5.13 Å². The number of carbonyl (C=O) groups excluding carboxylic acids is 1. The average Bonchev–Trinajstić information content (AvgIpc) is 3.20. The molecule has 1 unspecified atom stereocenters. The summed E-state index contributed by atoms with van der Waals surface area (Å²) in [6, 6.07) is 5.28. The van der Waals surface area contributed by atoms with Gasteiger partial charge in [-0.1, -0.05) is 41.0 Å². The molecular formula is C14H12Cl2N6OS2. The molecule has 0 fully saturated rings. The van der Waals surface area contributed by atoms with Crippen molar-refractivity contribution in [2.45, 2.75) is 17.3 Å². The van der Waals surface area contributed by atoms with E-state index in [1.165, 1.54) is 27.8 Å². The number of nitrogens with one attached hydrogen (secondary N) is 1. The molecule has 3 rings (SSSR count). The number of amides is 1. The number of anilines is 1. The van der Waals surface area contributed by atoms with Gasteiger partial charge in [0.2, 0.25) is 11.1 Å². The molecule has 130 valence electrons. The number of aromatic nitrogens is 5. The highest BCUT2D eigenvalue weighted by Gasteiger charge is 2.19. The first kappa shape index (κ1) is 18.1. The highest BCUT2D eigenvalue weighted by Crippen LogP contribution is 2.31. The van der Waals surface area contributed by atoms with E-state index < -0.39 is 0 Å². The van der Waals surface area contributed by atoms with E-state index in [4.69, 9.17) is 23.2 Å². The van der Waals surface area contributed by atoms with E-state index in [1.54, 1.807) is 26.1 Å². The molecule has 1 aromatic carbocycles. The van der Waals surface area contributed by atoms with Gasteiger partial charge in [0.25, 0.3) is 0 Å². The largest absolute Gasteiger partial charge is 0.301 e. The lowest BCUT2D eigenvalue weighted by atomic mass is 10.2. The van der Waals surface area contributed by atoms with Crippen LogP contribution in [0.1, 0.15) is 6.92 Å². The predicted octanol–water partition coefficient (Wildman–Crippen LogP) is 3.76. The van der Waals surface area contributed by atoms with Crippen LogP contribution in [0.5, 0.6) is 0 Å². The molecule has 2 heterocycles. The van der Waals surface area contributed by atoms with Crippen molar-refractivity contribution in [3.8, 4) is 11.3 Å². The van der Waals surface area contributed by atoms with Gasteiger partial charge < -0.3 is 5.32 Å². The Labute approximate surface area is 161 Å². The number of rotatable bonds is 5. The summed E-state index contributed by atoms with van der Waals surface area (Å²) < 4.78 is 1.51. The van der Waals surface area contributed by atoms with Crippen molar-refractivity contribution in [1.82, 2.24) is 25.2 Å². The van der Waals surface area contributed by atoms with Crippen LogP contribution in [0.15, 0.2) is 28.7 Å². The predicted molar refractivity (Wildman–Crippen MR) is 100 cm³/mol. The maximum Gasteiger partial charge on any atom is 0.239 e. The molecule has 0 spiro atoms. The van der Waals surface area contributed by atoms with Crippen molar-refractivity contribution in [3.05, 3.63) is 33.6 Å². The second-order valence-corrected chi connectivity index (χ2v) is 7.98. The third-order valence-corrected chi connectivity index (χ3v) is 5.80. The lowest BCUT2D eigenvalue weighted by Crippen LogP contribution is -2.22. The molecule has 11 heteroatoms. The van der Waals surface area contributed by atoms with Crippen molar-refractivity contribution < 1.29 is 4.79 Å². The number of halogens is 2. The normalized spacial score (nSPS) is 12.2. The van der Waals surface area contributed by atoms with Crippen molar-refractivity contribution in [2.75, 3.05) is 5.32 Å². The van der Waals surface area contributed by atoms with Crippen LogP contribution < -0.4 is 5.32 Å². The van der Waals surface area contributed by atoms with E-state index in [0.717, 1.165) is 11.3 Å². The van der Waals surface area contributed by atoms with Crippen LogP contribution in [-0.4, -0.2) is 36.3 Å². The smallest absolute Gasteiger partial charge is 0.239 e. The number of aryl methyl sites for hydroxylation is 1. The number of hydrogen-bond donors (Lipinski definition) is 1. The van der Waals surface area contributed by atoms with Crippen LogP contribution in [0, 0.1) is 0 Å². The standard InChI is InChI=1S/C14H12Cl2N6OS2/c1-7(25-14-19-20-21-22(14)2)12(23)18-13-17-11(6-24-13)8-3-4-9(15)10(16)5-8/h3-7H,1-2H3,(H,17,18,23).